The van der Waals surface area contributed by atoms with Crippen molar-refractivity contribution in [1.29, 1.82) is 0 Å². The van der Waals surface area contributed by atoms with Crippen LogP contribution in [0.3, 0.4) is 0 Å². The monoisotopic (exact) mass is 480 g/mol. The summed E-state index contributed by atoms with van der Waals surface area (Å²) >= 11 is 6.28. The second kappa shape index (κ2) is 8.40. The maximum absolute atomic E-state index is 13.2. The summed E-state index contributed by atoms with van der Waals surface area (Å²) in [5.41, 5.74) is 0.279. The summed E-state index contributed by atoms with van der Waals surface area (Å²) in [5.74, 6) is 1.11. The van der Waals surface area contributed by atoms with Gasteiger partial charge in [0.05, 0.1) is 17.0 Å². The molecule has 0 N–H and O–H groups in total. The number of hydrogen-bond donors (Lipinski definition) is 0. The molecule has 2 aliphatic rings. The molecule has 0 bridgehead atoms. The van der Waals surface area contributed by atoms with Crippen molar-refractivity contribution in [2.75, 3.05) is 26.3 Å². The van der Waals surface area contributed by atoms with Crippen LogP contribution in [0, 0.1) is 0 Å². The van der Waals surface area contributed by atoms with Crippen molar-refractivity contribution in [2.45, 2.75) is 31.4 Å². The fourth-order valence-electron chi connectivity index (χ4n) is 4.32. The number of hydrogen-bond acceptors (Lipinski definition) is 5. The number of alkyl halides is 3. The number of aromatic nitrogens is 3. The number of carbonyl (C=O) groups excluding carboxylic acids is 1. The van der Waals surface area contributed by atoms with Crippen LogP contribution in [0.1, 0.15) is 35.7 Å². The Bertz CT molecular complexity index is 1210. The van der Waals surface area contributed by atoms with Gasteiger partial charge in [0.25, 0.3) is 0 Å². The van der Waals surface area contributed by atoms with Gasteiger partial charge in [-0.3, -0.25) is 9.20 Å². The van der Waals surface area contributed by atoms with E-state index >= 15 is 0 Å². The molecule has 0 aliphatic carbocycles. The fourth-order valence-corrected chi connectivity index (χ4v) is 4.61. The minimum Gasteiger partial charge on any atom is -0.486 e. The van der Waals surface area contributed by atoms with Gasteiger partial charge in [0.2, 0.25) is 5.91 Å². The fraction of sp³-hybridized carbons (Fsp3) is 0.409. The molecule has 0 spiro atoms. The molecule has 0 radical (unpaired) electrons. The third-order valence-corrected chi connectivity index (χ3v) is 6.19. The van der Waals surface area contributed by atoms with E-state index in [1.807, 2.05) is 0 Å². The highest BCUT2D eigenvalue weighted by atomic mass is 35.5. The first-order chi connectivity index (χ1) is 15.8. The molecule has 174 valence electrons. The lowest BCUT2D eigenvalue weighted by Crippen LogP contribution is -2.40. The molecule has 1 saturated heterocycles. The molecule has 1 unspecified atom stereocenters. The highest BCUT2D eigenvalue weighted by molar-refractivity contribution is 6.32. The van der Waals surface area contributed by atoms with Crippen molar-refractivity contribution in [2.24, 2.45) is 0 Å². The first-order valence-corrected chi connectivity index (χ1v) is 10.9. The number of carbonyl (C=O) groups is 1. The topological polar surface area (TPSA) is 69.0 Å². The number of halogens is 4. The Morgan fingerprint density at radius 3 is 2.82 bits per heavy atom. The van der Waals surface area contributed by atoms with E-state index in [-0.39, 0.29) is 18.2 Å². The van der Waals surface area contributed by atoms with E-state index in [9.17, 15) is 18.0 Å². The van der Waals surface area contributed by atoms with Gasteiger partial charge >= 0.3 is 6.18 Å². The lowest BCUT2D eigenvalue weighted by molar-refractivity contribution is -0.137. The summed E-state index contributed by atoms with van der Waals surface area (Å²) in [6.45, 7) is 1.76. The third-order valence-electron chi connectivity index (χ3n) is 5.91. The number of ether oxygens (including phenoxy) is 2. The second-order valence-electron chi connectivity index (χ2n) is 8.16. The number of fused-ring (bicyclic) bond motifs is 2. The summed E-state index contributed by atoms with van der Waals surface area (Å²) in [6, 6.07) is 5.74. The molecule has 2 aromatic heterocycles. The molecule has 1 amide bonds. The summed E-state index contributed by atoms with van der Waals surface area (Å²) < 4.78 is 52.0. The summed E-state index contributed by atoms with van der Waals surface area (Å²) in [7, 11) is 0. The van der Waals surface area contributed by atoms with Gasteiger partial charge < -0.3 is 14.4 Å². The number of likely N-dealkylation sites (tertiary alicyclic amines) is 1. The van der Waals surface area contributed by atoms with Crippen LogP contribution in [0.4, 0.5) is 13.2 Å². The van der Waals surface area contributed by atoms with Crippen LogP contribution in [-0.2, 0) is 17.4 Å². The molecule has 1 aromatic carbocycles. The smallest absolute Gasteiger partial charge is 0.417 e. The third kappa shape index (κ3) is 4.31. The maximum atomic E-state index is 13.2. The van der Waals surface area contributed by atoms with E-state index in [1.54, 1.807) is 17.0 Å². The summed E-state index contributed by atoms with van der Waals surface area (Å²) in [5, 5.41) is 8.54. The molecule has 11 heteroatoms. The Morgan fingerprint density at radius 1 is 1.18 bits per heavy atom. The Kier molecular flexibility index (Phi) is 5.55. The van der Waals surface area contributed by atoms with Crippen molar-refractivity contribution >= 4 is 23.2 Å². The van der Waals surface area contributed by atoms with Crippen LogP contribution < -0.4 is 9.47 Å². The van der Waals surface area contributed by atoms with Crippen molar-refractivity contribution in [3.8, 4) is 11.5 Å². The number of pyridine rings is 1. The number of rotatable bonds is 3. The van der Waals surface area contributed by atoms with Crippen molar-refractivity contribution in [1.82, 2.24) is 19.5 Å². The SMILES string of the molecule is O=C(Cc1cc(Cl)c2c(c1)OCCO2)N1CCCC(c2nnc3ccc(C(F)(F)F)cn23)C1. The predicted molar refractivity (Wildman–Crippen MR) is 113 cm³/mol. The van der Waals surface area contributed by atoms with E-state index in [0.717, 1.165) is 12.3 Å². The quantitative estimate of drug-likeness (QED) is 0.564. The molecule has 1 fully saturated rings. The van der Waals surface area contributed by atoms with Crippen LogP contribution >= 0.6 is 11.6 Å². The van der Waals surface area contributed by atoms with E-state index < -0.39 is 11.7 Å². The van der Waals surface area contributed by atoms with Crippen LogP contribution in [0.5, 0.6) is 11.5 Å². The van der Waals surface area contributed by atoms with Gasteiger partial charge in [-0.2, -0.15) is 13.2 Å². The second-order valence-corrected chi connectivity index (χ2v) is 8.57. The molecule has 4 heterocycles. The van der Waals surface area contributed by atoms with E-state index in [2.05, 4.69) is 10.2 Å². The Hall–Kier alpha value is -3.01. The molecular formula is C22H20ClF3N4O3. The molecule has 33 heavy (non-hydrogen) atoms. The summed E-state index contributed by atoms with van der Waals surface area (Å²) in [4.78, 5) is 14.7. The van der Waals surface area contributed by atoms with Crippen LogP contribution in [0.25, 0.3) is 5.65 Å². The predicted octanol–water partition coefficient (Wildman–Crippen LogP) is 4.12. The molecule has 5 rings (SSSR count). The van der Waals surface area contributed by atoms with Crippen LogP contribution in [0.2, 0.25) is 5.02 Å². The molecular weight excluding hydrogens is 461 g/mol. The number of nitrogens with zero attached hydrogens (tertiary/aromatic N) is 4. The first kappa shape index (κ1) is 21.8. The lowest BCUT2D eigenvalue weighted by Gasteiger charge is -2.32. The minimum absolute atomic E-state index is 0.0998. The Morgan fingerprint density at radius 2 is 2.00 bits per heavy atom. The zero-order chi connectivity index (χ0) is 23.2. The van der Waals surface area contributed by atoms with Gasteiger partial charge in [0.1, 0.15) is 19.0 Å². The standard InChI is InChI=1S/C22H20ClF3N4O3/c23-16-8-13(9-17-20(16)33-7-6-32-17)10-19(31)29-5-1-2-14(11-29)21-28-27-18-4-3-15(12-30(18)21)22(24,25)26/h3-4,8-9,12,14H,1-2,5-7,10-11H2. The van der Waals surface area contributed by atoms with Gasteiger partial charge in [0.15, 0.2) is 17.1 Å². The van der Waals surface area contributed by atoms with Gasteiger partial charge in [-0.25, -0.2) is 0 Å². The average Bonchev–Trinajstić information content (AvgIpc) is 3.22. The van der Waals surface area contributed by atoms with Crippen LogP contribution in [-0.4, -0.2) is 51.7 Å². The Balaban J connectivity index is 1.34. The minimum atomic E-state index is -4.46. The van der Waals surface area contributed by atoms with Gasteiger partial charge in [0, 0.05) is 25.2 Å². The number of benzene rings is 1. The highest BCUT2D eigenvalue weighted by Crippen LogP contribution is 2.38. The number of amides is 1. The summed E-state index contributed by atoms with van der Waals surface area (Å²) in [6.07, 6.45) is -1.90. The molecule has 3 aromatic rings. The van der Waals surface area contributed by atoms with Crippen molar-refractivity contribution < 1.29 is 27.4 Å². The van der Waals surface area contributed by atoms with Crippen molar-refractivity contribution in [3.63, 3.8) is 0 Å². The highest BCUT2D eigenvalue weighted by Gasteiger charge is 2.33. The number of piperidine rings is 1. The molecule has 7 nitrogen and oxygen atoms in total. The average molecular weight is 481 g/mol. The van der Waals surface area contributed by atoms with Gasteiger partial charge in [-0.15, -0.1) is 10.2 Å². The van der Waals surface area contributed by atoms with E-state index in [0.29, 0.717) is 72.7 Å². The lowest BCUT2D eigenvalue weighted by atomic mass is 9.96. The molecule has 2 aliphatic heterocycles. The normalized spacial score (nSPS) is 18.5. The van der Waals surface area contributed by atoms with Crippen LogP contribution in [0.15, 0.2) is 30.5 Å². The maximum Gasteiger partial charge on any atom is 0.417 e. The first-order valence-electron chi connectivity index (χ1n) is 10.6. The largest absolute Gasteiger partial charge is 0.486 e. The zero-order valence-corrected chi connectivity index (χ0v) is 18.2. The van der Waals surface area contributed by atoms with Gasteiger partial charge in [-0.05, 0) is 42.7 Å². The zero-order valence-electron chi connectivity index (χ0n) is 17.4. The molecule has 1 atom stereocenters. The van der Waals surface area contributed by atoms with E-state index in [4.69, 9.17) is 21.1 Å². The molecule has 0 saturated carbocycles. The Labute approximate surface area is 192 Å². The van der Waals surface area contributed by atoms with Gasteiger partial charge in [-0.1, -0.05) is 11.6 Å². The van der Waals surface area contributed by atoms with Crippen molar-refractivity contribution in [3.05, 3.63) is 52.4 Å². The van der Waals surface area contributed by atoms with E-state index in [1.165, 1.54) is 10.5 Å².